The van der Waals surface area contributed by atoms with Gasteiger partial charge in [0, 0.05) is 12.6 Å². The van der Waals surface area contributed by atoms with Crippen LogP contribution in [0.4, 0.5) is 10.1 Å². The Labute approximate surface area is 93.3 Å². The number of benzene rings is 1. The fraction of sp³-hybridized carbons (Fsp3) is 0.250. The van der Waals surface area contributed by atoms with Gasteiger partial charge in [-0.2, -0.15) is 0 Å². The number of halogens is 2. The minimum Gasteiger partial charge on any atom is -0.488 e. The first-order valence-electron chi connectivity index (χ1n) is 4.02. The zero-order valence-corrected chi connectivity index (χ0v) is 9.16. The molecule has 15 heavy (non-hydrogen) atoms. The van der Waals surface area contributed by atoms with Crippen molar-refractivity contribution in [3.05, 3.63) is 32.5 Å². The number of nitro groups is 1. The van der Waals surface area contributed by atoms with Gasteiger partial charge in [0.15, 0.2) is 11.6 Å². The van der Waals surface area contributed by atoms with Crippen LogP contribution in [0.2, 0.25) is 0 Å². The molecule has 0 bridgehead atoms. The highest BCUT2D eigenvalue weighted by atomic mass is 79.9. The molecular formula is C8H8BrFN2O3. The summed E-state index contributed by atoms with van der Waals surface area (Å²) in [5.41, 5.74) is 4.85. The van der Waals surface area contributed by atoms with Crippen LogP contribution in [0.1, 0.15) is 0 Å². The predicted molar refractivity (Wildman–Crippen MR) is 55.3 cm³/mol. The number of non-ortho nitro benzene ring substituents is 1. The van der Waals surface area contributed by atoms with Crippen LogP contribution in [0, 0.1) is 15.9 Å². The molecule has 0 radical (unpaired) electrons. The minimum atomic E-state index is -0.787. The van der Waals surface area contributed by atoms with Gasteiger partial charge in [0.25, 0.3) is 5.69 Å². The summed E-state index contributed by atoms with van der Waals surface area (Å²) >= 11 is 2.99. The quantitative estimate of drug-likeness (QED) is 0.673. The standard InChI is InChI=1S/C8H8BrFN2O3/c9-6-3-5(12(13)14)4-7(10)8(6)15-2-1-11/h3-4H,1-2,11H2. The van der Waals surface area contributed by atoms with Gasteiger partial charge in [0.05, 0.1) is 15.5 Å². The lowest BCUT2D eigenvalue weighted by Gasteiger charge is -2.07. The van der Waals surface area contributed by atoms with Crippen molar-refractivity contribution in [2.24, 2.45) is 5.73 Å². The average Bonchev–Trinajstić information content (AvgIpc) is 2.16. The summed E-state index contributed by atoms with van der Waals surface area (Å²) in [7, 11) is 0. The van der Waals surface area contributed by atoms with Crippen molar-refractivity contribution in [3.63, 3.8) is 0 Å². The maximum absolute atomic E-state index is 13.3. The Kier molecular flexibility index (Phi) is 3.98. The van der Waals surface area contributed by atoms with Crippen molar-refractivity contribution in [2.75, 3.05) is 13.2 Å². The van der Waals surface area contributed by atoms with E-state index in [1.807, 2.05) is 0 Å². The van der Waals surface area contributed by atoms with Crippen LogP contribution in [-0.2, 0) is 0 Å². The Bertz CT molecular complexity index is 363. The van der Waals surface area contributed by atoms with Gasteiger partial charge in [-0.25, -0.2) is 4.39 Å². The van der Waals surface area contributed by atoms with E-state index in [0.29, 0.717) is 0 Å². The molecule has 0 spiro atoms. The summed E-state index contributed by atoms with van der Waals surface area (Å²) in [5.74, 6) is -0.851. The van der Waals surface area contributed by atoms with Gasteiger partial charge >= 0.3 is 0 Å². The summed E-state index contributed by atoms with van der Waals surface area (Å²) in [6.07, 6.45) is 0. The molecule has 0 aromatic heterocycles. The van der Waals surface area contributed by atoms with Crippen LogP contribution < -0.4 is 10.5 Å². The summed E-state index contributed by atoms with van der Waals surface area (Å²) in [6, 6.07) is 1.98. The number of nitrogens with two attached hydrogens (primary N) is 1. The lowest BCUT2D eigenvalue weighted by molar-refractivity contribution is -0.385. The molecule has 2 N–H and O–H groups in total. The van der Waals surface area contributed by atoms with E-state index in [-0.39, 0.29) is 29.1 Å². The minimum absolute atomic E-state index is 0.0638. The third-order valence-electron chi connectivity index (χ3n) is 1.56. The molecule has 1 aromatic rings. The third-order valence-corrected chi connectivity index (χ3v) is 2.15. The van der Waals surface area contributed by atoms with E-state index in [2.05, 4.69) is 15.9 Å². The Morgan fingerprint density at radius 3 is 2.73 bits per heavy atom. The molecule has 0 atom stereocenters. The van der Waals surface area contributed by atoms with E-state index < -0.39 is 10.7 Å². The van der Waals surface area contributed by atoms with Crippen LogP contribution >= 0.6 is 15.9 Å². The topological polar surface area (TPSA) is 78.4 Å². The molecule has 1 rings (SSSR count). The number of ether oxygens (including phenoxy) is 1. The molecule has 0 aliphatic rings. The Hall–Kier alpha value is -1.21. The van der Waals surface area contributed by atoms with E-state index in [0.717, 1.165) is 6.07 Å². The molecule has 5 nitrogen and oxygen atoms in total. The van der Waals surface area contributed by atoms with Crippen molar-refractivity contribution in [3.8, 4) is 5.75 Å². The molecule has 0 amide bonds. The van der Waals surface area contributed by atoms with Crippen LogP contribution in [0.5, 0.6) is 5.75 Å². The number of hydrogen-bond donors (Lipinski definition) is 1. The van der Waals surface area contributed by atoms with Crippen molar-refractivity contribution >= 4 is 21.6 Å². The van der Waals surface area contributed by atoms with Gasteiger partial charge in [0.1, 0.15) is 6.61 Å². The number of nitro benzene ring substituents is 1. The third kappa shape index (κ3) is 2.87. The lowest BCUT2D eigenvalue weighted by atomic mass is 10.3. The average molecular weight is 279 g/mol. The molecule has 0 heterocycles. The molecule has 82 valence electrons. The monoisotopic (exact) mass is 278 g/mol. The van der Waals surface area contributed by atoms with Crippen LogP contribution in [0.25, 0.3) is 0 Å². The molecule has 0 aliphatic carbocycles. The van der Waals surface area contributed by atoms with Crippen molar-refractivity contribution in [1.29, 1.82) is 0 Å². The molecular weight excluding hydrogens is 271 g/mol. The van der Waals surface area contributed by atoms with Gasteiger partial charge < -0.3 is 10.5 Å². The molecule has 1 aromatic carbocycles. The Morgan fingerprint density at radius 1 is 1.60 bits per heavy atom. The van der Waals surface area contributed by atoms with Crippen molar-refractivity contribution < 1.29 is 14.1 Å². The second kappa shape index (κ2) is 5.04. The molecule has 0 aliphatic heterocycles. The first-order chi connectivity index (χ1) is 7.06. The van der Waals surface area contributed by atoms with Crippen LogP contribution in [-0.4, -0.2) is 18.1 Å². The number of hydrogen-bond acceptors (Lipinski definition) is 4. The molecule has 0 unspecified atom stereocenters. The van der Waals surface area contributed by atoms with E-state index >= 15 is 0 Å². The van der Waals surface area contributed by atoms with E-state index in [9.17, 15) is 14.5 Å². The maximum atomic E-state index is 13.3. The normalized spacial score (nSPS) is 10.1. The smallest absolute Gasteiger partial charge is 0.273 e. The summed E-state index contributed by atoms with van der Waals surface area (Å²) < 4.78 is 18.5. The SMILES string of the molecule is NCCOc1c(F)cc([N+](=O)[O-])cc1Br. The van der Waals surface area contributed by atoms with E-state index in [4.69, 9.17) is 10.5 Å². The van der Waals surface area contributed by atoms with Crippen LogP contribution in [0.3, 0.4) is 0 Å². The Balaban J connectivity index is 3.04. The summed E-state index contributed by atoms with van der Waals surface area (Å²) in [6.45, 7) is 0.385. The zero-order chi connectivity index (χ0) is 11.4. The maximum Gasteiger partial charge on any atom is 0.273 e. The van der Waals surface area contributed by atoms with E-state index in [1.54, 1.807) is 0 Å². The fourth-order valence-corrected chi connectivity index (χ4v) is 1.49. The van der Waals surface area contributed by atoms with Gasteiger partial charge in [-0.1, -0.05) is 0 Å². The second-order valence-electron chi connectivity index (χ2n) is 2.63. The molecule has 0 fully saturated rings. The Morgan fingerprint density at radius 2 is 2.27 bits per heavy atom. The van der Waals surface area contributed by atoms with Crippen LogP contribution in [0.15, 0.2) is 16.6 Å². The van der Waals surface area contributed by atoms with Gasteiger partial charge in [0.2, 0.25) is 0 Å². The van der Waals surface area contributed by atoms with Gasteiger partial charge in [-0.3, -0.25) is 10.1 Å². The van der Waals surface area contributed by atoms with Crippen molar-refractivity contribution in [1.82, 2.24) is 0 Å². The van der Waals surface area contributed by atoms with Gasteiger partial charge in [-0.05, 0) is 15.9 Å². The first kappa shape index (κ1) is 11.9. The first-order valence-corrected chi connectivity index (χ1v) is 4.82. The largest absolute Gasteiger partial charge is 0.488 e. The molecule has 7 heteroatoms. The predicted octanol–water partition coefficient (Wildman–Crippen LogP) is 1.83. The zero-order valence-electron chi connectivity index (χ0n) is 7.57. The lowest BCUT2D eigenvalue weighted by Crippen LogP contribution is -2.11. The summed E-state index contributed by atoms with van der Waals surface area (Å²) in [4.78, 5) is 9.71. The van der Waals surface area contributed by atoms with Gasteiger partial charge in [-0.15, -0.1) is 0 Å². The second-order valence-corrected chi connectivity index (χ2v) is 3.49. The summed E-state index contributed by atoms with van der Waals surface area (Å²) in [5, 5.41) is 10.4. The highest BCUT2D eigenvalue weighted by molar-refractivity contribution is 9.10. The molecule has 0 saturated heterocycles. The van der Waals surface area contributed by atoms with E-state index in [1.165, 1.54) is 6.07 Å². The fourth-order valence-electron chi connectivity index (χ4n) is 0.951. The highest BCUT2D eigenvalue weighted by Gasteiger charge is 2.16. The number of nitrogens with zero attached hydrogens (tertiary/aromatic N) is 1. The highest BCUT2D eigenvalue weighted by Crippen LogP contribution is 2.32. The number of rotatable bonds is 4. The molecule has 0 saturated carbocycles. The van der Waals surface area contributed by atoms with Crippen molar-refractivity contribution in [2.45, 2.75) is 0 Å².